The molecular weight excluding hydrogens is 466 g/mol. The largest absolute Gasteiger partial charge is 0.419 e. The molecule has 2 aromatic carbocycles. The fourth-order valence-corrected chi connectivity index (χ4v) is 5.87. The summed E-state index contributed by atoms with van der Waals surface area (Å²) in [7, 11) is -3.72. The van der Waals surface area contributed by atoms with E-state index in [-0.39, 0.29) is 22.3 Å². The van der Waals surface area contributed by atoms with Crippen molar-refractivity contribution in [1.29, 1.82) is 0 Å². The average molecular weight is 492 g/mol. The first-order chi connectivity index (χ1) is 15.8. The standard InChI is InChI=1S/C23H26ClN3O5S/c1-2-27-20-8-7-18(14-21(20)32-23(27)29)33(30,31)26-11-9-16(10-12-26)13-22(28)25-15-17-5-3-4-6-19(17)24/h3-8,14,16H,2,9-13,15H2,1H3,(H,25,28). The van der Waals surface area contributed by atoms with Gasteiger partial charge in [-0.2, -0.15) is 4.31 Å². The second kappa shape index (κ2) is 9.70. The quantitative estimate of drug-likeness (QED) is 0.546. The van der Waals surface area contributed by atoms with Crippen LogP contribution in [-0.4, -0.2) is 36.3 Å². The summed E-state index contributed by atoms with van der Waals surface area (Å²) in [5, 5.41) is 3.50. The van der Waals surface area contributed by atoms with Gasteiger partial charge < -0.3 is 9.73 Å². The van der Waals surface area contributed by atoms with Gasteiger partial charge >= 0.3 is 5.76 Å². The van der Waals surface area contributed by atoms with Gasteiger partial charge in [0.1, 0.15) is 0 Å². The molecule has 4 rings (SSSR count). The summed E-state index contributed by atoms with van der Waals surface area (Å²) >= 11 is 6.12. The Balaban J connectivity index is 1.35. The smallest absolute Gasteiger partial charge is 0.408 e. The molecule has 1 N–H and O–H groups in total. The number of amides is 1. The highest BCUT2D eigenvalue weighted by molar-refractivity contribution is 7.89. The van der Waals surface area contributed by atoms with E-state index in [4.69, 9.17) is 16.0 Å². The van der Waals surface area contributed by atoms with E-state index in [1.54, 1.807) is 12.1 Å². The summed E-state index contributed by atoms with van der Waals surface area (Å²) in [5.41, 5.74) is 1.69. The van der Waals surface area contributed by atoms with Crippen LogP contribution in [-0.2, 0) is 27.9 Å². The van der Waals surface area contributed by atoms with Crippen LogP contribution in [0.4, 0.5) is 0 Å². The minimum atomic E-state index is -3.72. The van der Waals surface area contributed by atoms with Gasteiger partial charge in [-0.3, -0.25) is 9.36 Å². The summed E-state index contributed by atoms with van der Waals surface area (Å²) in [6, 6.07) is 11.9. The Bertz CT molecular complexity index is 1320. The van der Waals surface area contributed by atoms with Crippen LogP contribution < -0.4 is 11.1 Å². The molecule has 0 saturated carbocycles. The molecule has 176 valence electrons. The topological polar surface area (TPSA) is 102 Å². The molecule has 0 atom stereocenters. The van der Waals surface area contributed by atoms with E-state index in [9.17, 15) is 18.0 Å². The highest BCUT2D eigenvalue weighted by Crippen LogP contribution is 2.27. The van der Waals surface area contributed by atoms with Crippen molar-refractivity contribution in [3.8, 4) is 0 Å². The Labute approximate surface area is 197 Å². The Morgan fingerprint density at radius 2 is 1.91 bits per heavy atom. The van der Waals surface area contributed by atoms with Gasteiger partial charge in [-0.1, -0.05) is 29.8 Å². The molecule has 1 aliphatic heterocycles. The zero-order valence-electron chi connectivity index (χ0n) is 18.3. The monoisotopic (exact) mass is 491 g/mol. The number of hydrogen-bond acceptors (Lipinski definition) is 5. The number of rotatable bonds is 7. The number of oxazole rings is 1. The number of benzene rings is 2. The molecule has 8 nitrogen and oxygen atoms in total. The molecule has 0 aliphatic carbocycles. The zero-order valence-corrected chi connectivity index (χ0v) is 19.9. The zero-order chi connectivity index (χ0) is 23.6. The van der Waals surface area contributed by atoms with Crippen molar-refractivity contribution >= 4 is 38.6 Å². The van der Waals surface area contributed by atoms with Gasteiger partial charge in [0, 0.05) is 43.7 Å². The van der Waals surface area contributed by atoms with Crippen molar-refractivity contribution in [2.75, 3.05) is 13.1 Å². The van der Waals surface area contributed by atoms with Crippen molar-refractivity contribution < 1.29 is 17.6 Å². The van der Waals surface area contributed by atoms with E-state index in [0.29, 0.717) is 56.0 Å². The van der Waals surface area contributed by atoms with Gasteiger partial charge in [-0.15, -0.1) is 0 Å². The first kappa shape index (κ1) is 23.5. The van der Waals surface area contributed by atoms with Crippen molar-refractivity contribution in [2.45, 2.75) is 44.2 Å². The van der Waals surface area contributed by atoms with E-state index in [1.165, 1.54) is 21.0 Å². The fourth-order valence-electron chi connectivity index (χ4n) is 4.18. The van der Waals surface area contributed by atoms with E-state index in [2.05, 4.69) is 5.32 Å². The maximum Gasteiger partial charge on any atom is 0.419 e. The van der Waals surface area contributed by atoms with E-state index in [0.717, 1.165) is 5.56 Å². The average Bonchev–Trinajstić information content (AvgIpc) is 3.13. The molecule has 3 aromatic rings. The lowest BCUT2D eigenvalue weighted by Crippen LogP contribution is -2.39. The SMILES string of the molecule is CCn1c(=O)oc2cc(S(=O)(=O)N3CCC(CC(=O)NCc4ccccc4Cl)CC3)ccc21. The Hall–Kier alpha value is -2.62. The number of carbonyl (C=O) groups is 1. The second-order valence-electron chi connectivity index (χ2n) is 8.16. The first-order valence-electron chi connectivity index (χ1n) is 10.9. The molecule has 33 heavy (non-hydrogen) atoms. The van der Waals surface area contributed by atoms with E-state index in [1.807, 2.05) is 25.1 Å². The van der Waals surface area contributed by atoms with Crippen LogP contribution in [0.3, 0.4) is 0 Å². The number of aryl methyl sites for hydroxylation is 1. The number of halogens is 1. The number of sulfonamides is 1. The molecule has 1 aromatic heterocycles. The predicted octanol–water partition coefficient (Wildman–Crippen LogP) is 3.38. The van der Waals surface area contributed by atoms with E-state index < -0.39 is 15.8 Å². The maximum absolute atomic E-state index is 13.1. The fraction of sp³-hybridized carbons (Fsp3) is 0.391. The number of nitrogens with one attached hydrogen (secondary N) is 1. The summed E-state index contributed by atoms with van der Waals surface area (Å²) in [4.78, 5) is 24.3. The van der Waals surface area contributed by atoms with Crippen molar-refractivity contribution in [3.63, 3.8) is 0 Å². The van der Waals surface area contributed by atoms with Gasteiger partial charge in [-0.05, 0) is 49.4 Å². The van der Waals surface area contributed by atoms with Crippen LogP contribution in [0.25, 0.3) is 11.1 Å². The third kappa shape index (κ3) is 5.00. The molecule has 1 fully saturated rings. The third-order valence-corrected chi connectivity index (χ3v) is 8.34. The second-order valence-corrected chi connectivity index (χ2v) is 10.5. The van der Waals surface area contributed by atoms with Crippen LogP contribution >= 0.6 is 11.6 Å². The molecule has 0 bridgehead atoms. The first-order valence-corrected chi connectivity index (χ1v) is 12.7. The molecule has 0 spiro atoms. The highest BCUT2D eigenvalue weighted by atomic mass is 35.5. The third-order valence-electron chi connectivity index (χ3n) is 6.08. The van der Waals surface area contributed by atoms with Crippen LogP contribution in [0.15, 0.2) is 56.6 Å². The van der Waals surface area contributed by atoms with Gasteiger partial charge in [0.15, 0.2) is 5.58 Å². The molecule has 1 aliphatic rings. The molecule has 10 heteroatoms. The summed E-state index contributed by atoms with van der Waals surface area (Å²) in [6.45, 7) is 3.30. The summed E-state index contributed by atoms with van der Waals surface area (Å²) in [6.07, 6.45) is 1.55. The Morgan fingerprint density at radius 1 is 1.18 bits per heavy atom. The summed E-state index contributed by atoms with van der Waals surface area (Å²) < 4.78 is 34.3. The number of nitrogens with zero attached hydrogens (tertiary/aromatic N) is 2. The molecule has 0 unspecified atom stereocenters. The number of piperidine rings is 1. The number of hydrogen-bond donors (Lipinski definition) is 1. The van der Waals surface area contributed by atoms with Crippen molar-refractivity contribution in [2.24, 2.45) is 5.92 Å². The lowest BCUT2D eigenvalue weighted by atomic mass is 9.94. The molecule has 2 heterocycles. The van der Waals surface area contributed by atoms with Crippen LogP contribution in [0.2, 0.25) is 5.02 Å². The van der Waals surface area contributed by atoms with Gasteiger partial charge in [0.05, 0.1) is 10.4 Å². The number of fused-ring (bicyclic) bond motifs is 1. The molecule has 1 saturated heterocycles. The molecule has 0 radical (unpaired) electrons. The van der Waals surface area contributed by atoms with E-state index >= 15 is 0 Å². The summed E-state index contributed by atoms with van der Waals surface area (Å²) in [5.74, 6) is -0.463. The Kier molecular flexibility index (Phi) is 6.92. The van der Waals surface area contributed by atoms with Crippen molar-refractivity contribution in [3.05, 3.63) is 63.6 Å². The minimum Gasteiger partial charge on any atom is -0.408 e. The van der Waals surface area contributed by atoms with Gasteiger partial charge in [0.2, 0.25) is 15.9 Å². The van der Waals surface area contributed by atoms with Crippen LogP contribution in [0.5, 0.6) is 0 Å². The predicted molar refractivity (Wildman–Crippen MR) is 126 cm³/mol. The minimum absolute atomic E-state index is 0.0721. The molecule has 1 amide bonds. The lowest BCUT2D eigenvalue weighted by molar-refractivity contribution is -0.122. The maximum atomic E-state index is 13.1. The Morgan fingerprint density at radius 3 is 2.61 bits per heavy atom. The molecular formula is C23H26ClN3O5S. The van der Waals surface area contributed by atoms with Crippen molar-refractivity contribution in [1.82, 2.24) is 14.2 Å². The number of carbonyl (C=O) groups excluding carboxylic acids is 1. The van der Waals surface area contributed by atoms with Gasteiger partial charge in [-0.25, -0.2) is 13.2 Å². The normalized spacial score (nSPS) is 15.7. The van der Waals surface area contributed by atoms with Crippen LogP contribution in [0, 0.1) is 5.92 Å². The lowest BCUT2D eigenvalue weighted by Gasteiger charge is -2.31. The number of aromatic nitrogens is 1. The van der Waals surface area contributed by atoms with Crippen LogP contribution in [0.1, 0.15) is 31.7 Å². The highest BCUT2D eigenvalue weighted by Gasteiger charge is 2.30. The van der Waals surface area contributed by atoms with Gasteiger partial charge in [0.25, 0.3) is 0 Å².